The van der Waals surface area contributed by atoms with Gasteiger partial charge in [0.05, 0.1) is 24.7 Å². The predicted octanol–water partition coefficient (Wildman–Crippen LogP) is 2.75. The summed E-state index contributed by atoms with van der Waals surface area (Å²) in [7, 11) is 0. The lowest BCUT2D eigenvalue weighted by Crippen LogP contribution is -2.29. The summed E-state index contributed by atoms with van der Waals surface area (Å²) in [4.78, 5) is 22.7. The van der Waals surface area contributed by atoms with Crippen molar-refractivity contribution in [3.8, 4) is 5.75 Å². The van der Waals surface area contributed by atoms with E-state index in [1.807, 2.05) is 6.92 Å². The first kappa shape index (κ1) is 18.2. The number of ether oxygens (including phenoxy) is 4. The number of rotatable bonds is 8. The molecular weight excluding hydrogens is 318 g/mol. The Balaban J connectivity index is 2.23. The van der Waals surface area contributed by atoms with Gasteiger partial charge in [-0.3, -0.25) is 10.1 Å². The van der Waals surface area contributed by atoms with Gasteiger partial charge in [-0.05, 0) is 25.5 Å². The molecule has 0 aromatic heterocycles. The molecule has 1 aliphatic rings. The first-order valence-corrected chi connectivity index (χ1v) is 7.91. The standard InChI is InChI=1S/C16H21NO7/c1-3-5-14(15(18)21-4-2)24-13-7-6-11(10-12(13)17(19)20)16-22-8-9-23-16/h6-7,10,14,16H,3-5,8-9H2,1-2H3. The second-order valence-corrected chi connectivity index (χ2v) is 5.20. The van der Waals surface area contributed by atoms with E-state index in [0.717, 1.165) is 0 Å². The van der Waals surface area contributed by atoms with Crippen LogP contribution in [0.4, 0.5) is 5.69 Å². The van der Waals surface area contributed by atoms with Crippen LogP contribution in [0.2, 0.25) is 0 Å². The number of hydrogen-bond donors (Lipinski definition) is 0. The van der Waals surface area contributed by atoms with Gasteiger partial charge in [0.15, 0.2) is 18.1 Å². The summed E-state index contributed by atoms with van der Waals surface area (Å²) >= 11 is 0. The molecule has 0 bridgehead atoms. The first-order valence-electron chi connectivity index (χ1n) is 7.91. The summed E-state index contributed by atoms with van der Waals surface area (Å²) in [5.74, 6) is -0.506. The molecule has 1 atom stereocenters. The third-order valence-electron chi connectivity index (χ3n) is 3.44. The highest BCUT2D eigenvalue weighted by molar-refractivity contribution is 5.75. The topological polar surface area (TPSA) is 97.1 Å². The normalized spacial score (nSPS) is 15.9. The largest absolute Gasteiger partial charge is 0.472 e. The van der Waals surface area contributed by atoms with Gasteiger partial charge in [-0.1, -0.05) is 13.3 Å². The van der Waals surface area contributed by atoms with Crippen molar-refractivity contribution in [2.45, 2.75) is 39.1 Å². The predicted molar refractivity (Wildman–Crippen MR) is 83.7 cm³/mol. The number of carbonyl (C=O) groups is 1. The van der Waals surface area contributed by atoms with E-state index >= 15 is 0 Å². The van der Waals surface area contributed by atoms with Crippen molar-refractivity contribution in [2.24, 2.45) is 0 Å². The third kappa shape index (κ3) is 4.42. The van der Waals surface area contributed by atoms with Crippen LogP contribution < -0.4 is 4.74 Å². The van der Waals surface area contributed by atoms with Crippen molar-refractivity contribution < 1.29 is 28.7 Å². The molecule has 8 nitrogen and oxygen atoms in total. The molecule has 0 aliphatic carbocycles. The van der Waals surface area contributed by atoms with Crippen molar-refractivity contribution in [3.05, 3.63) is 33.9 Å². The van der Waals surface area contributed by atoms with Crippen LogP contribution in [0, 0.1) is 10.1 Å². The Morgan fingerprint density at radius 3 is 2.67 bits per heavy atom. The molecule has 0 amide bonds. The molecule has 0 N–H and O–H groups in total. The first-order chi connectivity index (χ1) is 11.6. The van der Waals surface area contributed by atoms with E-state index in [-0.39, 0.29) is 18.0 Å². The van der Waals surface area contributed by atoms with Gasteiger partial charge < -0.3 is 18.9 Å². The number of nitro benzene ring substituents is 1. The summed E-state index contributed by atoms with van der Waals surface area (Å²) in [6.07, 6.45) is -0.404. The van der Waals surface area contributed by atoms with Gasteiger partial charge >= 0.3 is 11.7 Å². The fourth-order valence-corrected chi connectivity index (χ4v) is 2.35. The molecule has 1 saturated heterocycles. The van der Waals surface area contributed by atoms with Crippen LogP contribution in [0.3, 0.4) is 0 Å². The van der Waals surface area contributed by atoms with Crippen molar-refractivity contribution in [2.75, 3.05) is 19.8 Å². The molecule has 1 aliphatic heterocycles. The lowest BCUT2D eigenvalue weighted by atomic mass is 10.1. The van der Waals surface area contributed by atoms with Gasteiger partial charge in [0.25, 0.3) is 0 Å². The van der Waals surface area contributed by atoms with Crippen molar-refractivity contribution in [3.63, 3.8) is 0 Å². The van der Waals surface area contributed by atoms with E-state index in [4.69, 9.17) is 18.9 Å². The molecule has 24 heavy (non-hydrogen) atoms. The van der Waals surface area contributed by atoms with E-state index in [2.05, 4.69) is 0 Å². The summed E-state index contributed by atoms with van der Waals surface area (Å²) in [5.41, 5.74) is 0.298. The van der Waals surface area contributed by atoms with Gasteiger partial charge in [-0.15, -0.1) is 0 Å². The average Bonchev–Trinajstić information content (AvgIpc) is 3.09. The zero-order valence-electron chi connectivity index (χ0n) is 13.7. The third-order valence-corrected chi connectivity index (χ3v) is 3.44. The highest BCUT2D eigenvalue weighted by atomic mass is 16.7. The molecule has 1 fully saturated rings. The average molecular weight is 339 g/mol. The minimum Gasteiger partial charge on any atom is -0.472 e. The zero-order chi connectivity index (χ0) is 17.5. The second-order valence-electron chi connectivity index (χ2n) is 5.20. The van der Waals surface area contributed by atoms with Crippen molar-refractivity contribution in [1.29, 1.82) is 0 Å². The van der Waals surface area contributed by atoms with Crippen LogP contribution in [0.5, 0.6) is 5.75 Å². The minimum absolute atomic E-state index is 0.0215. The van der Waals surface area contributed by atoms with E-state index in [9.17, 15) is 14.9 Å². The van der Waals surface area contributed by atoms with Gasteiger partial charge in [0, 0.05) is 11.6 Å². The number of hydrogen-bond acceptors (Lipinski definition) is 7. The molecule has 0 spiro atoms. The lowest BCUT2D eigenvalue weighted by molar-refractivity contribution is -0.386. The Morgan fingerprint density at radius 2 is 2.08 bits per heavy atom. The number of carbonyl (C=O) groups excluding carboxylic acids is 1. The van der Waals surface area contributed by atoms with E-state index in [1.54, 1.807) is 13.0 Å². The molecule has 1 aromatic rings. The highest BCUT2D eigenvalue weighted by Gasteiger charge is 2.27. The summed E-state index contributed by atoms with van der Waals surface area (Å²) in [6.45, 7) is 4.69. The van der Waals surface area contributed by atoms with Crippen LogP contribution in [0.15, 0.2) is 18.2 Å². The van der Waals surface area contributed by atoms with Gasteiger partial charge in [0.1, 0.15) is 0 Å². The Bertz CT molecular complexity index is 584. The van der Waals surface area contributed by atoms with E-state index < -0.39 is 23.3 Å². The molecule has 1 heterocycles. The maximum atomic E-state index is 11.9. The second kappa shape index (κ2) is 8.60. The maximum absolute atomic E-state index is 11.9. The fourth-order valence-electron chi connectivity index (χ4n) is 2.35. The number of benzene rings is 1. The molecule has 132 valence electrons. The number of nitrogens with zero attached hydrogens (tertiary/aromatic N) is 1. The number of nitro groups is 1. The van der Waals surface area contributed by atoms with E-state index in [1.165, 1.54) is 12.1 Å². The van der Waals surface area contributed by atoms with Crippen LogP contribution in [-0.4, -0.2) is 36.8 Å². The molecule has 2 rings (SSSR count). The Kier molecular flexibility index (Phi) is 6.51. The quantitative estimate of drug-likeness (QED) is 0.408. The van der Waals surface area contributed by atoms with E-state index in [0.29, 0.717) is 31.6 Å². The summed E-state index contributed by atoms with van der Waals surface area (Å²) in [6, 6.07) is 4.44. The van der Waals surface area contributed by atoms with Crippen LogP contribution in [0.25, 0.3) is 0 Å². The molecule has 1 unspecified atom stereocenters. The fraction of sp³-hybridized carbons (Fsp3) is 0.562. The molecule has 0 radical (unpaired) electrons. The number of esters is 1. The Labute approximate surface area is 139 Å². The van der Waals surface area contributed by atoms with Crippen LogP contribution in [0.1, 0.15) is 38.5 Å². The molecular formula is C16H21NO7. The Morgan fingerprint density at radius 1 is 1.38 bits per heavy atom. The maximum Gasteiger partial charge on any atom is 0.347 e. The SMILES string of the molecule is CCCC(Oc1ccc(C2OCCO2)cc1[N+](=O)[O-])C(=O)OCC. The van der Waals surface area contributed by atoms with Crippen LogP contribution >= 0.6 is 0 Å². The lowest BCUT2D eigenvalue weighted by Gasteiger charge is -2.17. The summed E-state index contributed by atoms with van der Waals surface area (Å²) < 4.78 is 21.2. The van der Waals surface area contributed by atoms with Gasteiger partial charge in [-0.2, -0.15) is 0 Å². The smallest absolute Gasteiger partial charge is 0.347 e. The highest BCUT2D eigenvalue weighted by Crippen LogP contribution is 2.34. The van der Waals surface area contributed by atoms with Crippen molar-refractivity contribution in [1.82, 2.24) is 0 Å². The van der Waals surface area contributed by atoms with Crippen LogP contribution in [-0.2, 0) is 19.0 Å². The monoisotopic (exact) mass is 339 g/mol. The molecule has 1 aromatic carbocycles. The zero-order valence-corrected chi connectivity index (χ0v) is 13.7. The summed E-state index contributed by atoms with van der Waals surface area (Å²) in [5, 5.41) is 11.4. The van der Waals surface area contributed by atoms with Crippen molar-refractivity contribution >= 4 is 11.7 Å². The Hall–Kier alpha value is -2.19. The minimum atomic E-state index is -0.876. The molecule has 0 saturated carbocycles. The van der Waals surface area contributed by atoms with Gasteiger partial charge in [-0.25, -0.2) is 4.79 Å². The van der Waals surface area contributed by atoms with Gasteiger partial charge in [0.2, 0.25) is 0 Å². The molecule has 8 heteroatoms.